The zero-order chi connectivity index (χ0) is 13.8. The monoisotopic (exact) mass is 265 g/mol. The van der Waals surface area contributed by atoms with Gasteiger partial charge >= 0.3 is 5.97 Å². The Hall–Kier alpha value is -1.75. The minimum absolute atomic E-state index is 0.0278. The first-order valence-electron chi connectivity index (χ1n) is 6.47. The number of hydrogen-bond acceptors (Lipinski definition) is 5. The van der Waals surface area contributed by atoms with Crippen molar-refractivity contribution >= 4 is 11.7 Å². The molecule has 0 spiro atoms. The SMILES string of the molecule is CCOC(=O)c1c(O)cc(C)cc1N1CCOCC1. The van der Waals surface area contributed by atoms with Gasteiger partial charge in [-0.3, -0.25) is 0 Å². The van der Waals surface area contributed by atoms with E-state index in [0.29, 0.717) is 26.3 Å². The molecule has 1 heterocycles. The largest absolute Gasteiger partial charge is 0.507 e. The number of esters is 1. The Labute approximate surface area is 112 Å². The lowest BCUT2D eigenvalue weighted by Gasteiger charge is -2.30. The van der Waals surface area contributed by atoms with Gasteiger partial charge in [0.05, 0.1) is 25.5 Å². The summed E-state index contributed by atoms with van der Waals surface area (Å²) in [5, 5.41) is 10.0. The summed E-state index contributed by atoms with van der Waals surface area (Å²) in [4.78, 5) is 14.0. The molecular weight excluding hydrogens is 246 g/mol. The molecular formula is C14H19NO4. The fourth-order valence-corrected chi connectivity index (χ4v) is 2.21. The molecule has 5 heteroatoms. The highest BCUT2D eigenvalue weighted by molar-refractivity contribution is 5.99. The van der Waals surface area contributed by atoms with Crippen LogP contribution in [0.1, 0.15) is 22.8 Å². The smallest absolute Gasteiger partial charge is 0.344 e. The zero-order valence-corrected chi connectivity index (χ0v) is 11.3. The number of hydrogen-bond donors (Lipinski definition) is 1. The van der Waals surface area contributed by atoms with Crippen LogP contribution < -0.4 is 4.90 Å². The topological polar surface area (TPSA) is 59.0 Å². The van der Waals surface area contributed by atoms with Crippen molar-refractivity contribution in [2.24, 2.45) is 0 Å². The highest BCUT2D eigenvalue weighted by Crippen LogP contribution is 2.31. The van der Waals surface area contributed by atoms with Crippen molar-refractivity contribution in [2.45, 2.75) is 13.8 Å². The second kappa shape index (κ2) is 5.93. The number of phenolic OH excluding ortho intramolecular Hbond substituents is 1. The maximum Gasteiger partial charge on any atom is 0.344 e. The number of aromatic hydroxyl groups is 1. The van der Waals surface area contributed by atoms with E-state index in [0.717, 1.165) is 11.3 Å². The average molecular weight is 265 g/mol. The van der Waals surface area contributed by atoms with E-state index in [9.17, 15) is 9.90 Å². The maximum absolute atomic E-state index is 12.0. The molecule has 1 aliphatic rings. The van der Waals surface area contributed by atoms with E-state index in [1.54, 1.807) is 13.0 Å². The van der Waals surface area contributed by atoms with E-state index >= 15 is 0 Å². The minimum atomic E-state index is -0.485. The van der Waals surface area contributed by atoms with Crippen LogP contribution in [0.5, 0.6) is 5.75 Å². The molecule has 1 fully saturated rings. The first-order valence-corrected chi connectivity index (χ1v) is 6.47. The number of ether oxygens (including phenoxy) is 2. The molecule has 0 saturated carbocycles. The molecule has 1 aromatic rings. The summed E-state index contributed by atoms with van der Waals surface area (Å²) in [7, 11) is 0. The molecule has 2 rings (SSSR count). The van der Waals surface area contributed by atoms with Crippen LogP contribution in [-0.4, -0.2) is 44.0 Å². The Morgan fingerprint density at radius 2 is 2.11 bits per heavy atom. The Balaban J connectivity index is 2.41. The van der Waals surface area contributed by atoms with E-state index < -0.39 is 5.97 Å². The summed E-state index contributed by atoms with van der Waals surface area (Å²) in [5.74, 6) is -0.513. The highest BCUT2D eigenvalue weighted by Gasteiger charge is 2.23. The van der Waals surface area contributed by atoms with Crippen molar-refractivity contribution in [3.05, 3.63) is 23.3 Å². The summed E-state index contributed by atoms with van der Waals surface area (Å²) in [6, 6.07) is 3.48. The van der Waals surface area contributed by atoms with E-state index in [1.807, 2.05) is 17.9 Å². The van der Waals surface area contributed by atoms with Gasteiger partial charge in [-0.1, -0.05) is 0 Å². The number of aryl methyl sites for hydroxylation is 1. The maximum atomic E-state index is 12.0. The zero-order valence-electron chi connectivity index (χ0n) is 11.3. The van der Waals surface area contributed by atoms with Crippen LogP contribution in [0.3, 0.4) is 0 Å². The molecule has 0 aliphatic carbocycles. The predicted molar refractivity (Wildman–Crippen MR) is 71.8 cm³/mol. The van der Waals surface area contributed by atoms with Crippen molar-refractivity contribution in [3.8, 4) is 5.75 Å². The molecule has 1 saturated heterocycles. The van der Waals surface area contributed by atoms with E-state index in [4.69, 9.17) is 9.47 Å². The summed E-state index contributed by atoms with van der Waals surface area (Å²) in [5.41, 5.74) is 1.88. The summed E-state index contributed by atoms with van der Waals surface area (Å²) >= 11 is 0. The molecule has 1 aliphatic heterocycles. The van der Waals surface area contributed by atoms with Gasteiger partial charge in [-0.25, -0.2) is 4.79 Å². The standard InChI is InChI=1S/C14H19NO4/c1-3-19-14(17)13-11(8-10(2)9-12(13)16)15-4-6-18-7-5-15/h8-9,16H,3-7H2,1-2H3. The van der Waals surface area contributed by atoms with Crippen molar-refractivity contribution in [3.63, 3.8) is 0 Å². The number of benzene rings is 1. The second-order valence-electron chi connectivity index (χ2n) is 4.50. The van der Waals surface area contributed by atoms with Crippen molar-refractivity contribution in [2.75, 3.05) is 37.8 Å². The van der Waals surface area contributed by atoms with Crippen molar-refractivity contribution < 1.29 is 19.4 Å². The molecule has 0 radical (unpaired) electrons. The van der Waals surface area contributed by atoms with Crippen LogP contribution in [0.4, 0.5) is 5.69 Å². The molecule has 0 bridgehead atoms. The molecule has 0 aromatic heterocycles. The number of morpholine rings is 1. The molecule has 0 unspecified atom stereocenters. The molecule has 0 amide bonds. The lowest BCUT2D eigenvalue weighted by molar-refractivity contribution is 0.0523. The Bertz CT molecular complexity index is 467. The summed E-state index contributed by atoms with van der Waals surface area (Å²) < 4.78 is 10.3. The van der Waals surface area contributed by atoms with Crippen LogP contribution in [0, 0.1) is 6.92 Å². The first kappa shape index (κ1) is 13.7. The average Bonchev–Trinajstić information content (AvgIpc) is 2.39. The first-order chi connectivity index (χ1) is 9.13. The molecule has 1 N–H and O–H groups in total. The van der Waals surface area contributed by atoms with Crippen LogP contribution in [0.2, 0.25) is 0 Å². The van der Waals surface area contributed by atoms with E-state index in [2.05, 4.69) is 0 Å². The summed E-state index contributed by atoms with van der Waals surface area (Å²) in [6.45, 7) is 6.57. The van der Waals surface area contributed by atoms with Gasteiger partial charge in [0.1, 0.15) is 11.3 Å². The van der Waals surface area contributed by atoms with Gasteiger partial charge in [-0.2, -0.15) is 0 Å². The predicted octanol–water partition coefficient (Wildman–Crippen LogP) is 1.71. The number of phenols is 1. The van der Waals surface area contributed by atoms with E-state index in [1.165, 1.54) is 0 Å². The quantitative estimate of drug-likeness (QED) is 0.843. The Kier molecular flexibility index (Phi) is 4.27. The lowest BCUT2D eigenvalue weighted by atomic mass is 10.1. The van der Waals surface area contributed by atoms with Gasteiger partial charge in [-0.15, -0.1) is 0 Å². The van der Waals surface area contributed by atoms with Gasteiger partial charge in [0.25, 0.3) is 0 Å². The fraction of sp³-hybridized carbons (Fsp3) is 0.500. The Morgan fingerprint density at radius 1 is 1.42 bits per heavy atom. The number of nitrogens with zero attached hydrogens (tertiary/aromatic N) is 1. The number of carbonyl (C=O) groups excluding carboxylic acids is 1. The van der Waals surface area contributed by atoms with Crippen LogP contribution in [0.15, 0.2) is 12.1 Å². The third-order valence-electron chi connectivity index (χ3n) is 3.07. The van der Waals surface area contributed by atoms with E-state index in [-0.39, 0.29) is 17.9 Å². The van der Waals surface area contributed by atoms with Crippen molar-refractivity contribution in [1.29, 1.82) is 0 Å². The van der Waals surface area contributed by atoms with Gasteiger partial charge in [0, 0.05) is 13.1 Å². The molecule has 0 atom stereocenters. The molecule has 104 valence electrons. The lowest BCUT2D eigenvalue weighted by Crippen LogP contribution is -2.37. The highest BCUT2D eigenvalue weighted by atomic mass is 16.5. The van der Waals surface area contributed by atoms with Gasteiger partial charge in [-0.05, 0) is 31.5 Å². The summed E-state index contributed by atoms with van der Waals surface area (Å²) in [6.07, 6.45) is 0. The second-order valence-corrected chi connectivity index (χ2v) is 4.50. The number of carbonyl (C=O) groups is 1. The third-order valence-corrected chi connectivity index (χ3v) is 3.07. The fourth-order valence-electron chi connectivity index (χ4n) is 2.21. The van der Waals surface area contributed by atoms with Crippen LogP contribution >= 0.6 is 0 Å². The minimum Gasteiger partial charge on any atom is -0.507 e. The Morgan fingerprint density at radius 3 is 2.74 bits per heavy atom. The number of anilines is 1. The van der Waals surface area contributed by atoms with Crippen LogP contribution in [-0.2, 0) is 9.47 Å². The molecule has 5 nitrogen and oxygen atoms in total. The molecule has 1 aromatic carbocycles. The van der Waals surface area contributed by atoms with Crippen molar-refractivity contribution in [1.82, 2.24) is 0 Å². The van der Waals surface area contributed by atoms with Gasteiger partial charge < -0.3 is 19.5 Å². The van der Waals surface area contributed by atoms with Gasteiger partial charge in [0.2, 0.25) is 0 Å². The molecule has 19 heavy (non-hydrogen) atoms. The van der Waals surface area contributed by atoms with Gasteiger partial charge in [0.15, 0.2) is 0 Å². The van der Waals surface area contributed by atoms with Crippen LogP contribution in [0.25, 0.3) is 0 Å². The third kappa shape index (κ3) is 2.98. The normalized spacial score (nSPS) is 15.4. The number of rotatable bonds is 3.